The van der Waals surface area contributed by atoms with E-state index in [1.54, 1.807) is 12.1 Å². The number of hydrogen-bond donors (Lipinski definition) is 3. The molecule has 0 spiro atoms. The Morgan fingerprint density at radius 2 is 1.77 bits per heavy atom. The number of benzene rings is 1. The maximum absolute atomic E-state index is 12.0. The molecule has 118 valence electrons. The quantitative estimate of drug-likeness (QED) is 0.755. The summed E-state index contributed by atoms with van der Waals surface area (Å²) in [5, 5.41) is 5.48. The van der Waals surface area contributed by atoms with E-state index in [1.807, 2.05) is 0 Å². The van der Waals surface area contributed by atoms with Crippen LogP contribution in [0.25, 0.3) is 0 Å². The van der Waals surface area contributed by atoms with Gasteiger partial charge in [-0.2, -0.15) is 0 Å². The number of hydrogen-bond acceptors (Lipinski definition) is 3. The van der Waals surface area contributed by atoms with Gasteiger partial charge < -0.3 is 16.4 Å². The van der Waals surface area contributed by atoms with Crippen molar-refractivity contribution in [3.63, 3.8) is 0 Å². The van der Waals surface area contributed by atoms with Crippen molar-refractivity contribution >= 4 is 17.7 Å². The number of rotatable bonds is 5. The molecule has 1 saturated carbocycles. The van der Waals surface area contributed by atoms with Gasteiger partial charge in [-0.1, -0.05) is 25.3 Å². The van der Waals surface area contributed by atoms with Crippen LogP contribution in [-0.2, 0) is 4.79 Å². The minimum Gasteiger partial charge on any atom is -0.366 e. The van der Waals surface area contributed by atoms with Crippen LogP contribution < -0.4 is 16.4 Å². The summed E-state index contributed by atoms with van der Waals surface area (Å²) in [5.41, 5.74) is 5.74. The predicted octanol–water partition coefficient (Wildman–Crippen LogP) is 0.964. The molecule has 2 rings (SSSR count). The van der Waals surface area contributed by atoms with E-state index in [1.165, 1.54) is 18.6 Å². The van der Waals surface area contributed by atoms with Crippen molar-refractivity contribution in [2.75, 3.05) is 6.54 Å². The number of amides is 3. The van der Waals surface area contributed by atoms with Gasteiger partial charge in [0.1, 0.15) is 0 Å². The maximum atomic E-state index is 12.0. The van der Waals surface area contributed by atoms with Gasteiger partial charge in [-0.15, -0.1) is 0 Å². The van der Waals surface area contributed by atoms with Crippen LogP contribution in [0.1, 0.15) is 52.8 Å². The fourth-order valence-corrected chi connectivity index (χ4v) is 2.60. The highest BCUT2D eigenvalue weighted by Crippen LogP contribution is 2.17. The molecule has 3 amide bonds. The van der Waals surface area contributed by atoms with Crippen LogP contribution in [0.5, 0.6) is 0 Å². The van der Waals surface area contributed by atoms with E-state index in [0.717, 1.165) is 25.7 Å². The normalized spacial score (nSPS) is 15.1. The Balaban J connectivity index is 1.82. The lowest BCUT2D eigenvalue weighted by molar-refractivity contribution is -0.121. The van der Waals surface area contributed by atoms with E-state index >= 15 is 0 Å². The van der Waals surface area contributed by atoms with Gasteiger partial charge in [0.2, 0.25) is 11.8 Å². The molecule has 22 heavy (non-hydrogen) atoms. The van der Waals surface area contributed by atoms with Gasteiger partial charge in [-0.05, 0) is 31.0 Å². The lowest BCUT2D eigenvalue weighted by Crippen LogP contribution is -2.42. The number of primary amides is 1. The molecule has 0 radical (unpaired) electrons. The molecule has 6 heteroatoms. The first kappa shape index (κ1) is 16.0. The zero-order valence-electron chi connectivity index (χ0n) is 12.4. The van der Waals surface area contributed by atoms with Crippen molar-refractivity contribution in [1.82, 2.24) is 10.6 Å². The molecule has 0 aliphatic heterocycles. The summed E-state index contributed by atoms with van der Waals surface area (Å²) in [7, 11) is 0. The molecule has 1 aromatic carbocycles. The Hall–Kier alpha value is -2.37. The van der Waals surface area contributed by atoms with Crippen LogP contribution in [0.2, 0.25) is 0 Å². The molecular weight excluding hydrogens is 282 g/mol. The Labute approximate surface area is 129 Å². The first-order valence-electron chi connectivity index (χ1n) is 7.53. The van der Waals surface area contributed by atoms with Crippen LogP contribution in [0.15, 0.2) is 24.3 Å². The van der Waals surface area contributed by atoms with Crippen molar-refractivity contribution in [3.05, 3.63) is 35.4 Å². The van der Waals surface area contributed by atoms with E-state index in [-0.39, 0.29) is 24.1 Å². The van der Waals surface area contributed by atoms with E-state index in [9.17, 15) is 14.4 Å². The first-order chi connectivity index (χ1) is 10.6. The summed E-state index contributed by atoms with van der Waals surface area (Å²) in [6.45, 7) is -0.0733. The van der Waals surface area contributed by atoms with E-state index in [0.29, 0.717) is 5.56 Å². The fraction of sp³-hybridized carbons (Fsp3) is 0.438. The summed E-state index contributed by atoms with van der Waals surface area (Å²) in [6, 6.07) is 6.32. The van der Waals surface area contributed by atoms with Gasteiger partial charge in [0.15, 0.2) is 0 Å². The maximum Gasteiger partial charge on any atom is 0.251 e. The van der Waals surface area contributed by atoms with Crippen LogP contribution >= 0.6 is 0 Å². The minimum atomic E-state index is -0.593. The van der Waals surface area contributed by atoms with Gasteiger partial charge >= 0.3 is 0 Å². The fourth-order valence-electron chi connectivity index (χ4n) is 2.60. The van der Waals surface area contributed by atoms with Crippen LogP contribution in [0.4, 0.5) is 0 Å². The lowest BCUT2D eigenvalue weighted by atomic mass is 9.95. The van der Waals surface area contributed by atoms with Gasteiger partial charge in [0, 0.05) is 17.2 Å². The number of carbonyl (C=O) groups is 3. The Morgan fingerprint density at radius 3 is 2.45 bits per heavy atom. The monoisotopic (exact) mass is 303 g/mol. The zero-order valence-corrected chi connectivity index (χ0v) is 12.4. The molecular formula is C16H21N3O3. The molecule has 0 heterocycles. The third kappa shape index (κ3) is 4.58. The lowest BCUT2D eigenvalue weighted by Gasteiger charge is -2.22. The Morgan fingerprint density at radius 1 is 1.09 bits per heavy atom. The predicted molar refractivity (Wildman–Crippen MR) is 82.3 cm³/mol. The third-order valence-electron chi connectivity index (χ3n) is 3.79. The van der Waals surface area contributed by atoms with Gasteiger partial charge in [-0.3, -0.25) is 14.4 Å². The molecule has 0 unspecified atom stereocenters. The molecule has 1 aliphatic carbocycles. The molecule has 4 N–H and O–H groups in total. The largest absolute Gasteiger partial charge is 0.366 e. The molecule has 1 aromatic rings. The third-order valence-corrected chi connectivity index (χ3v) is 3.79. The molecule has 1 fully saturated rings. The summed E-state index contributed by atoms with van der Waals surface area (Å²) in [6.07, 6.45) is 5.49. The van der Waals surface area contributed by atoms with Crippen molar-refractivity contribution < 1.29 is 14.4 Å². The molecule has 0 bridgehead atoms. The van der Waals surface area contributed by atoms with Crippen molar-refractivity contribution in [1.29, 1.82) is 0 Å². The molecule has 0 aromatic heterocycles. The van der Waals surface area contributed by atoms with Gasteiger partial charge in [0.05, 0.1) is 6.54 Å². The highest BCUT2D eigenvalue weighted by atomic mass is 16.2. The number of nitrogens with one attached hydrogen (secondary N) is 2. The zero-order chi connectivity index (χ0) is 15.9. The SMILES string of the molecule is NC(=O)c1cccc(C(=O)NCC(=O)NC2CCCCC2)c1. The summed E-state index contributed by atoms with van der Waals surface area (Å²) in [4.78, 5) is 34.9. The first-order valence-corrected chi connectivity index (χ1v) is 7.53. The topological polar surface area (TPSA) is 101 Å². The van der Waals surface area contributed by atoms with Gasteiger partial charge in [-0.25, -0.2) is 0 Å². The van der Waals surface area contributed by atoms with Crippen LogP contribution in [0.3, 0.4) is 0 Å². The average Bonchev–Trinajstić information content (AvgIpc) is 2.53. The Kier molecular flexibility index (Phi) is 5.52. The number of carbonyl (C=O) groups excluding carboxylic acids is 3. The summed E-state index contributed by atoms with van der Waals surface area (Å²) >= 11 is 0. The van der Waals surface area contributed by atoms with Gasteiger partial charge in [0.25, 0.3) is 5.91 Å². The van der Waals surface area contributed by atoms with E-state index < -0.39 is 11.8 Å². The highest BCUT2D eigenvalue weighted by Gasteiger charge is 2.16. The molecule has 0 atom stereocenters. The van der Waals surface area contributed by atoms with Crippen molar-refractivity contribution in [2.24, 2.45) is 5.73 Å². The van der Waals surface area contributed by atoms with E-state index in [4.69, 9.17) is 5.73 Å². The molecule has 1 aliphatic rings. The average molecular weight is 303 g/mol. The minimum absolute atomic E-state index is 0.0733. The Bertz CT molecular complexity index is 566. The van der Waals surface area contributed by atoms with Crippen molar-refractivity contribution in [3.8, 4) is 0 Å². The second kappa shape index (κ2) is 7.59. The van der Waals surface area contributed by atoms with Crippen LogP contribution in [0, 0.1) is 0 Å². The van der Waals surface area contributed by atoms with E-state index in [2.05, 4.69) is 10.6 Å². The second-order valence-electron chi connectivity index (χ2n) is 5.53. The molecule has 6 nitrogen and oxygen atoms in total. The summed E-state index contributed by atoms with van der Waals surface area (Å²) < 4.78 is 0. The number of nitrogens with two attached hydrogens (primary N) is 1. The molecule has 0 saturated heterocycles. The smallest absolute Gasteiger partial charge is 0.251 e. The standard InChI is InChI=1S/C16H21N3O3/c17-15(21)11-5-4-6-12(9-11)16(22)18-10-14(20)19-13-7-2-1-3-8-13/h4-6,9,13H,1-3,7-8,10H2,(H2,17,21)(H,18,22)(H,19,20). The highest BCUT2D eigenvalue weighted by molar-refractivity contribution is 6.00. The summed E-state index contributed by atoms with van der Waals surface area (Å²) in [5.74, 6) is -1.18. The second-order valence-corrected chi connectivity index (χ2v) is 5.53. The van der Waals surface area contributed by atoms with Crippen LogP contribution in [-0.4, -0.2) is 30.3 Å². The van der Waals surface area contributed by atoms with Crippen molar-refractivity contribution in [2.45, 2.75) is 38.1 Å².